The summed E-state index contributed by atoms with van der Waals surface area (Å²) in [6, 6.07) is 6.64. The Hall–Kier alpha value is -0.430. The third-order valence-electron chi connectivity index (χ3n) is 2.83. The molecule has 0 heterocycles. The van der Waals surface area contributed by atoms with Crippen LogP contribution in [0.3, 0.4) is 0 Å². The van der Waals surface area contributed by atoms with Crippen molar-refractivity contribution in [2.24, 2.45) is 0 Å². The topological polar surface area (TPSA) is 49.4 Å². The molecular formula is C13H21BrN2O2S. The Labute approximate surface area is 124 Å². The molecule has 0 fully saturated rings. The van der Waals surface area contributed by atoms with Crippen molar-refractivity contribution in [3.05, 3.63) is 28.7 Å². The molecule has 0 unspecified atom stereocenters. The monoisotopic (exact) mass is 348 g/mol. The lowest BCUT2D eigenvalue weighted by atomic mass is 10.4. The molecule has 0 aliphatic carbocycles. The van der Waals surface area contributed by atoms with Crippen molar-refractivity contribution in [3.8, 4) is 0 Å². The Balaban J connectivity index is 2.54. The van der Waals surface area contributed by atoms with E-state index in [0.29, 0.717) is 11.4 Å². The van der Waals surface area contributed by atoms with Gasteiger partial charge in [-0.2, -0.15) is 0 Å². The van der Waals surface area contributed by atoms with E-state index in [2.05, 4.69) is 39.4 Å². The van der Waals surface area contributed by atoms with Crippen LogP contribution in [0.4, 0.5) is 0 Å². The van der Waals surface area contributed by atoms with Gasteiger partial charge in [-0.05, 0) is 43.8 Å². The lowest BCUT2D eigenvalue weighted by molar-refractivity contribution is 0.293. The fourth-order valence-corrected chi connectivity index (χ4v) is 3.06. The van der Waals surface area contributed by atoms with Gasteiger partial charge >= 0.3 is 0 Å². The van der Waals surface area contributed by atoms with Gasteiger partial charge in [0.05, 0.1) is 4.90 Å². The highest BCUT2D eigenvalue weighted by Gasteiger charge is 2.13. The highest BCUT2D eigenvalue weighted by molar-refractivity contribution is 9.10. The van der Waals surface area contributed by atoms with E-state index in [-0.39, 0.29) is 0 Å². The second-order valence-electron chi connectivity index (χ2n) is 4.29. The van der Waals surface area contributed by atoms with E-state index < -0.39 is 10.0 Å². The number of nitrogens with zero attached hydrogens (tertiary/aromatic N) is 1. The van der Waals surface area contributed by atoms with Crippen LogP contribution in [0, 0.1) is 0 Å². The molecule has 0 saturated heterocycles. The minimum Gasteiger partial charge on any atom is -0.302 e. The quantitative estimate of drug-likeness (QED) is 0.784. The standard InChI is InChI=1S/C13H21BrN2O2S/c1-3-10-16(4-2)11-9-15-19(17,18)13-7-5-12(14)6-8-13/h5-8,15H,3-4,9-11H2,1-2H3. The molecule has 0 atom stereocenters. The number of hydrogen-bond acceptors (Lipinski definition) is 3. The Kier molecular flexibility index (Phi) is 6.99. The fourth-order valence-electron chi connectivity index (χ4n) is 1.78. The van der Waals surface area contributed by atoms with Crippen LogP contribution < -0.4 is 4.72 Å². The SMILES string of the molecule is CCCN(CC)CCNS(=O)(=O)c1ccc(Br)cc1. The van der Waals surface area contributed by atoms with Crippen molar-refractivity contribution in [1.82, 2.24) is 9.62 Å². The van der Waals surface area contributed by atoms with Crippen LogP contribution in [0.15, 0.2) is 33.6 Å². The molecule has 108 valence electrons. The second-order valence-corrected chi connectivity index (χ2v) is 6.97. The smallest absolute Gasteiger partial charge is 0.240 e. The number of hydrogen-bond donors (Lipinski definition) is 1. The molecule has 0 aliphatic heterocycles. The molecule has 0 spiro atoms. The highest BCUT2D eigenvalue weighted by atomic mass is 79.9. The molecule has 1 aromatic carbocycles. The summed E-state index contributed by atoms with van der Waals surface area (Å²) in [5, 5.41) is 0. The van der Waals surface area contributed by atoms with Crippen LogP contribution in [0.5, 0.6) is 0 Å². The van der Waals surface area contributed by atoms with Crippen molar-refractivity contribution in [1.29, 1.82) is 0 Å². The molecule has 1 N–H and O–H groups in total. The van der Waals surface area contributed by atoms with Gasteiger partial charge in [-0.1, -0.05) is 29.8 Å². The Bertz CT molecular complexity index is 474. The third-order valence-corrected chi connectivity index (χ3v) is 4.84. The first-order valence-corrected chi connectivity index (χ1v) is 8.74. The summed E-state index contributed by atoms with van der Waals surface area (Å²) >= 11 is 3.29. The summed E-state index contributed by atoms with van der Waals surface area (Å²) in [5.74, 6) is 0. The molecule has 1 aromatic rings. The summed E-state index contributed by atoms with van der Waals surface area (Å²) in [6.07, 6.45) is 1.08. The van der Waals surface area contributed by atoms with Crippen molar-refractivity contribution in [3.63, 3.8) is 0 Å². The van der Waals surface area contributed by atoms with Crippen LogP contribution in [-0.2, 0) is 10.0 Å². The Morgan fingerprint density at radius 2 is 1.79 bits per heavy atom. The van der Waals surface area contributed by atoms with Crippen LogP contribution in [-0.4, -0.2) is 39.5 Å². The largest absolute Gasteiger partial charge is 0.302 e. The van der Waals surface area contributed by atoms with E-state index in [1.165, 1.54) is 0 Å². The van der Waals surface area contributed by atoms with Gasteiger partial charge in [0.25, 0.3) is 0 Å². The van der Waals surface area contributed by atoms with E-state index in [9.17, 15) is 8.42 Å². The molecule has 0 aromatic heterocycles. The highest BCUT2D eigenvalue weighted by Crippen LogP contribution is 2.14. The van der Waals surface area contributed by atoms with E-state index in [1.54, 1.807) is 24.3 Å². The average molecular weight is 349 g/mol. The summed E-state index contributed by atoms with van der Waals surface area (Å²) < 4.78 is 27.6. The first kappa shape index (κ1) is 16.6. The van der Waals surface area contributed by atoms with E-state index in [4.69, 9.17) is 0 Å². The molecule has 0 radical (unpaired) electrons. The van der Waals surface area contributed by atoms with Crippen molar-refractivity contribution in [2.75, 3.05) is 26.2 Å². The van der Waals surface area contributed by atoms with Gasteiger partial charge in [-0.15, -0.1) is 0 Å². The predicted octanol–water partition coefficient (Wildman–Crippen LogP) is 2.46. The molecular weight excluding hydrogens is 328 g/mol. The van der Waals surface area contributed by atoms with Gasteiger partial charge in [0, 0.05) is 17.6 Å². The molecule has 0 saturated carbocycles. The van der Waals surface area contributed by atoms with Crippen molar-refractivity contribution < 1.29 is 8.42 Å². The maximum Gasteiger partial charge on any atom is 0.240 e. The van der Waals surface area contributed by atoms with Gasteiger partial charge in [-0.3, -0.25) is 0 Å². The summed E-state index contributed by atoms with van der Waals surface area (Å²) in [4.78, 5) is 2.53. The maximum absolute atomic E-state index is 12.0. The molecule has 0 aliphatic rings. The predicted molar refractivity (Wildman–Crippen MR) is 81.7 cm³/mol. The minimum atomic E-state index is -3.39. The molecule has 0 bridgehead atoms. The second kappa shape index (κ2) is 7.99. The average Bonchev–Trinajstić information content (AvgIpc) is 2.38. The molecule has 0 amide bonds. The molecule has 19 heavy (non-hydrogen) atoms. The zero-order valence-corrected chi connectivity index (χ0v) is 13.8. The van der Waals surface area contributed by atoms with E-state index in [0.717, 1.165) is 30.5 Å². The van der Waals surface area contributed by atoms with E-state index >= 15 is 0 Å². The molecule has 6 heteroatoms. The van der Waals surface area contributed by atoms with Crippen molar-refractivity contribution in [2.45, 2.75) is 25.2 Å². The first-order chi connectivity index (χ1) is 8.99. The normalized spacial score (nSPS) is 12.0. The third kappa shape index (κ3) is 5.60. The van der Waals surface area contributed by atoms with Gasteiger partial charge < -0.3 is 4.90 Å². The first-order valence-electron chi connectivity index (χ1n) is 6.47. The lowest BCUT2D eigenvalue weighted by Crippen LogP contribution is -2.35. The lowest BCUT2D eigenvalue weighted by Gasteiger charge is -2.19. The number of nitrogens with one attached hydrogen (secondary N) is 1. The van der Waals surface area contributed by atoms with Gasteiger partial charge in [-0.25, -0.2) is 13.1 Å². The zero-order chi connectivity index (χ0) is 14.3. The zero-order valence-electron chi connectivity index (χ0n) is 11.4. The maximum atomic E-state index is 12.0. The molecule has 1 rings (SSSR count). The molecule has 4 nitrogen and oxygen atoms in total. The van der Waals surface area contributed by atoms with Gasteiger partial charge in [0.2, 0.25) is 10.0 Å². The van der Waals surface area contributed by atoms with Gasteiger partial charge in [0.15, 0.2) is 0 Å². The number of rotatable bonds is 8. The Morgan fingerprint density at radius 1 is 1.16 bits per heavy atom. The van der Waals surface area contributed by atoms with Crippen LogP contribution in [0.1, 0.15) is 20.3 Å². The fraction of sp³-hybridized carbons (Fsp3) is 0.538. The summed E-state index contributed by atoms with van der Waals surface area (Å²) in [5.41, 5.74) is 0. The summed E-state index contributed by atoms with van der Waals surface area (Å²) in [7, 11) is -3.39. The number of sulfonamides is 1. The number of halogens is 1. The van der Waals surface area contributed by atoms with Crippen molar-refractivity contribution >= 4 is 26.0 Å². The Morgan fingerprint density at radius 3 is 2.32 bits per heavy atom. The van der Waals surface area contributed by atoms with Crippen LogP contribution in [0.25, 0.3) is 0 Å². The number of likely N-dealkylation sites (N-methyl/N-ethyl adjacent to an activating group) is 1. The summed E-state index contributed by atoms with van der Waals surface area (Å²) in [6.45, 7) is 7.31. The van der Waals surface area contributed by atoms with Gasteiger partial charge in [0.1, 0.15) is 0 Å². The van der Waals surface area contributed by atoms with E-state index in [1.807, 2.05) is 0 Å². The van der Waals surface area contributed by atoms with Crippen LogP contribution >= 0.6 is 15.9 Å². The van der Waals surface area contributed by atoms with Crippen LogP contribution in [0.2, 0.25) is 0 Å². The minimum absolute atomic E-state index is 0.300. The number of benzene rings is 1.